The molecule has 112 valence electrons. The molecule has 0 spiro atoms. The fourth-order valence-electron chi connectivity index (χ4n) is 2.79. The molecule has 3 nitrogen and oxygen atoms in total. The number of fused-ring (bicyclic) bond motifs is 1. The second kappa shape index (κ2) is 5.41. The number of nitrogens with zero attached hydrogens (tertiary/aromatic N) is 1. The molecule has 1 N–H and O–H groups in total. The van der Waals surface area contributed by atoms with Crippen molar-refractivity contribution in [2.75, 3.05) is 5.32 Å². The summed E-state index contributed by atoms with van der Waals surface area (Å²) in [5.41, 5.74) is 4.01. The first kappa shape index (κ1) is 14.5. The van der Waals surface area contributed by atoms with Crippen LogP contribution in [0.3, 0.4) is 0 Å². The van der Waals surface area contributed by atoms with Gasteiger partial charge in [-0.05, 0) is 57.0 Å². The maximum atomic E-state index is 11.4. The number of carbonyl (C=O) groups excluding carboxylic acids is 1. The maximum absolute atomic E-state index is 11.4. The molecule has 0 saturated heterocycles. The minimum absolute atomic E-state index is 0.0769. The van der Waals surface area contributed by atoms with Crippen LogP contribution in [0.2, 0.25) is 0 Å². The molecule has 0 bridgehead atoms. The van der Waals surface area contributed by atoms with Gasteiger partial charge in [0.15, 0.2) is 5.78 Å². The Labute approximate surface area is 131 Å². The van der Waals surface area contributed by atoms with Crippen LogP contribution in [-0.2, 0) is 6.42 Å². The van der Waals surface area contributed by atoms with Crippen molar-refractivity contribution in [3.63, 3.8) is 0 Å². The lowest BCUT2D eigenvalue weighted by molar-refractivity contribution is 0.101. The predicted octanol–water partition coefficient (Wildman–Crippen LogP) is 4.08. The summed E-state index contributed by atoms with van der Waals surface area (Å²) in [4.78, 5) is 16.2. The summed E-state index contributed by atoms with van der Waals surface area (Å²) in [6.07, 6.45) is 0.942. The van der Waals surface area contributed by atoms with Gasteiger partial charge in [-0.15, -0.1) is 0 Å². The van der Waals surface area contributed by atoms with Gasteiger partial charge in [0.05, 0.1) is 5.54 Å². The highest BCUT2D eigenvalue weighted by Crippen LogP contribution is 2.27. The van der Waals surface area contributed by atoms with Crippen molar-refractivity contribution >= 4 is 17.3 Å². The number of anilines is 1. The van der Waals surface area contributed by atoms with Gasteiger partial charge in [-0.25, -0.2) is 0 Å². The lowest BCUT2D eigenvalue weighted by Gasteiger charge is -2.29. The smallest absolute Gasteiger partial charge is 0.159 e. The fourth-order valence-corrected chi connectivity index (χ4v) is 2.79. The quantitative estimate of drug-likeness (QED) is 0.847. The van der Waals surface area contributed by atoms with Crippen LogP contribution in [0.5, 0.6) is 0 Å². The molecule has 1 aliphatic rings. The van der Waals surface area contributed by atoms with Crippen molar-refractivity contribution in [1.29, 1.82) is 0 Å². The van der Waals surface area contributed by atoms with Crippen LogP contribution in [0.4, 0.5) is 5.69 Å². The molecule has 0 aromatic heterocycles. The number of amidine groups is 1. The highest BCUT2D eigenvalue weighted by molar-refractivity contribution is 6.10. The van der Waals surface area contributed by atoms with Crippen molar-refractivity contribution in [1.82, 2.24) is 0 Å². The number of ketones is 1. The minimum Gasteiger partial charge on any atom is -0.340 e. The Kier molecular flexibility index (Phi) is 3.57. The molecule has 0 fully saturated rings. The van der Waals surface area contributed by atoms with E-state index in [0.717, 1.165) is 29.1 Å². The van der Waals surface area contributed by atoms with Gasteiger partial charge in [0.25, 0.3) is 0 Å². The first-order chi connectivity index (χ1) is 10.4. The second-order valence-corrected chi connectivity index (χ2v) is 6.37. The van der Waals surface area contributed by atoms with Crippen molar-refractivity contribution in [2.24, 2.45) is 4.99 Å². The van der Waals surface area contributed by atoms with Crippen molar-refractivity contribution in [2.45, 2.75) is 32.7 Å². The first-order valence-electron chi connectivity index (χ1n) is 7.51. The van der Waals surface area contributed by atoms with Gasteiger partial charge >= 0.3 is 0 Å². The van der Waals surface area contributed by atoms with E-state index in [0.29, 0.717) is 0 Å². The second-order valence-electron chi connectivity index (χ2n) is 6.37. The van der Waals surface area contributed by atoms with E-state index in [-0.39, 0.29) is 11.3 Å². The van der Waals surface area contributed by atoms with Crippen molar-refractivity contribution < 1.29 is 4.79 Å². The van der Waals surface area contributed by atoms with Crippen LogP contribution in [0, 0.1) is 0 Å². The van der Waals surface area contributed by atoms with Crippen LogP contribution in [-0.4, -0.2) is 17.2 Å². The normalized spacial score (nSPS) is 15.7. The van der Waals surface area contributed by atoms with Gasteiger partial charge < -0.3 is 5.32 Å². The van der Waals surface area contributed by atoms with Crippen LogP contribution >= 0.6 is 0 Å². The molecule has 0 atom stereocenters. The van der Waals surface area contributed by atoms with Crippen LogP contribution in [0.1, 0.15) is 42.3 Å². The van der Waals surface area contributed by atoms with E-state index in [1.807, 2.05) is 30.3 Å². The standard InChI is InChI=1S/C19H20N2O/c1-13(22)14-8-10-16(11-9-14)20-18-17-7-5-4-6-15(17)12-19(2,3)21-18/h4-11H,12H2,1-3H3,(H,20,21). The van der Waals surface area contributed by atoms with Crippen molar-refractivity contribution in [3.8, 4) is 0 Å². The molecule has 0 radical (unpaired) electrons. The summed E-state index contributed by atoms with van der Waals surface area (Å²) in [6, 6.07) is 15.9. The number of benzene rings is 2. The van der Waals surface area contributed by atoms with Crippen LogP contribution < -0.4 is 5.32 Å². The molecule has 3 heteroatoms. The molecule has 1 aliphatic heterocycles. The van der Waals surface area contributed by atoms with Crippen LogP contribution in [0.25, 0.3) is 0 Å². The number of aliphatic imine (C=N–C) groups is 1. The number of hydrogen-bond acceptors (Lipinski definition) is 3. The lowest BCUT2D eigenvalue weighted by Crippen LogP contribution is -2.32. The Bertz CT molecular complexity index is 742. The largest absolute Gasteiger partial charge is 0.340 e. The number of carbonyl (C=O) groups is 1. The average molecular weight is 292 g/mol. The van der Waals surface area contributed by atoms with E-state index in [1.165, 1.54) is 5.56 Å². The summed E-state index contributed by atoms with van der Waals surface area (Å²) in [5.74, 6) is 0.968. The third-order valence-corrected chi connectivity index (χ3v) is 3.86. The molecule has 1 heterocycles. The summed E-state index contributed by atoms with van der Waals surface area (Å²) in [5, 5.41) is 3.40. The minimum atomic E-state index is -0.115. The van der Waals surface area contributed by atoms with Gasteiger partial charge in [-0.3, -0.25) is 9.79 Å². The first-order valence-corrected chi connectivity index (χ1v) is 7.51. The van der Waals surface area contributed by atoms with Gasteiger partial charge in [-0.2, -0.15) is 0 Å². The highest BCUT2D eigenvalue weighted by Gasteiger charge is 2.26. The molecule has 2 aromatic carbocycles. The SMILES string of the molecule is CC(=O)c1ccc(NC2=NC(C)(C)Cc3ccccc32)cc1. The van der Waals surface area contributed by atoms with E-state index < -0.39 is 0 Å². The topological polar surface area (TPSA) is 41.5 Å². The third-order valence-electron chi connectivity index (χ3n) is 3.86. The molecule has 0 saturated carbocycles. The Balaban J connectivity index is 1.93. The van der Waals surface area contributed by atoms with Gasteiger partial charge in [-0.1, -0.05) is 24.3 Å². The zero-order valence-electron chi connectivity index (χ0n) is 13.2. The molecule has 0 aliphatic carbocycles. The Hall–Kier alpha value is -2.42. The summed E-state index contributed by atoms with van der Waals surface area (Å²) in [7, 11) is 0. The van der Waals surface area contributed by atoms with Gasteiger partial charge in [0, 0.05) is 16.8 Å². The molecule has 0 unspecified atom stereocenters. The molecule has 3 rings (SSSR count). The molecule has 22 heavy (non-hydrogen) atoms. The molecular formula is C19H20N2O. The average Bonchev–Trinajstić information content (AvgIpc) is 2.46. The number of Topliss-reactive ketones (excluding diaryl/α,β-unsaturated/α-hetero) is 1. The Morgan fingerprint density at radius 2 is 1.77 bits per heavy atom. The number of hydrogen-bond donors (Lipinski definition) is 1. The van der Waals surface area contributed by atoms with Gasteiger partial charge in [0.1, 0.15) is 5.84 Å². The van der Waals surface area contributed by atoms with Gasteiger partial charge in [0.2, 0.25) is 0 Å². The zero-order valence-corrected chi connectivity index (χ0v) is 13.2. The van der Waals surface area contributed by atoms with E-state index in [9.17, 15) is 4.79 Å². The predicted molar refractivity (Wildman–Crippen MR) is 90.8 cm³/mol. The van der Waals surface area contributed by atoms with Crippen molar-refractivity contribution in [3.05, 3.63) is 65.2 Å². The van der Waals surface area contributed by atoms with E-state index in [1.54, 1.807) is 6.92 Å². The lowest BCUT2D eigenvalue weighted by atomic mass is 9.89. The molecule has 2 aromatic rings. The van der Waals surface area contributed by atoms with E-state index in [4.69, 9.17) is 4.99 Å². The molecule has 0 amide bonds. The third kappa shape index (κ3) is 2.93. The Morgan fingerprint density at radius 1 is 1.09 bits per heavy atom. The molecular weight excluding hydrogens is 272 g/mol. The number of rotatable bonds is 2. The van der Waals surface area contributed by atoms with E-state index >= 15 is 0 Å². The summed E-state index contributed by atoms with van der Waals surface area (Å²) < 4.78 is 0. The monoisotopic (exact) mass is 292 g/mol. The zero-order chi connectivity index (χ0) is 15.7. The number of nitrogens with one attached hydrogen (secondary N) is 1. The maximum Gasteiger partial charge on any atom is 0.159 e. The highest BCUT2D eigenvalue weighted by atomic mass is 16.1. The fraction of sp³-hybridized carbons (Fsp3) is 0.263. The summed E-state index contributed by atoms with van der Waals surface area (Å²) in [6.45, 7) is 5.86. The summed E-state index contributed by atoms with van der Waals surface area (Å²) >= 11 is 0. The Morgan fingerprint density at radius 3 is 2.45 bits per heavy atom. The van der Waals surface area contributed by atoms with Crippen LogP contribution in [0.15, 0.2) is 53.5 Å². The van der Waals surface area contributed by atoms with E-state index in [2.05, 4.69) is 37.4 Å².